The van der Waals surface area contributed by atoms with E-state index in [1.807, 2.05) is 6.07 Å². The van der Waals surface area contributed by atoms with Gasteiger partial charge in [-0.1, -0.05) is 49.6 Å². The SMILES string of the molecule is CC(CC(=O)N[C@H](C(=O)N(C)C1CCCCC1)c1ccccc1)NC(=O)[C@@H](O)c1cc(F)cc(F)c1. The third kappa shape index (κ3) is 7.34. The van der Waals surface area contributed by atoms with Gasteiger partial charge in [0.15, 0.2) is 6.10 Å². The van der Waals surface area contributed by atoms with Crippen LogP contribution >= 0.6 is 0 Å². The summed E-state index contributed by atoms with van der Waals surface area (Å²) in [7, 11) is 1.76. The van der Waals surface area contributed by atoms with E-state index in [9.17, 15) is 28.3 Å². The Bertz CT molecular complexity index is 1040. The second kappa shape index (κ2) is 12.6. The summed E-state index contributed by atoms with van der Waals surface area (Å²) < 4.78 is 26.8. The first-order valence-corrected chi connectivity index (χ1v) is 12.2. The molecule has 1 aliphatic carbocycles. The average molecular weight is 502 g/mol. The monoisotopic (exact) mass is 501 g/mol. The zero-order valence-corrected chi connectivity index (χ0v) is 20.5. The smallest absolute Gasteiger partial charge is 0.253 e. The lowest BCUT2D eigenvalue weighted by Crippen LogP contribution is -2.47. The largest absolute Gasteiger partial charge is 0.378 e. The lowest BCUT2D eigenvalue weighted by atomic mass is 9.93. The minimum atomic E-state index is -1.80. The number of halogens is 2. The van der Waals surface area contributed by atoms with Gasteiger partial charge in [-0.3, -0.25) is 14.4 Å². The highest BCUT2D eigenvalue weighted by Crippen LogP contribution is 2.25. The molecule has 1 fully saturated rings. The molecule has 194 valence electrons. The molecule has 3 amide bonds. The Labute approximate surface area is 209 Å². The highest BCUT2D eigenvalue weighted by atomic mass is 19.1. The number of likely N-dealkylation sites (N-methyl/N-ethyl adjacent to an activating group) is 1. The number of hydrogen-bond acceptors (Lipinski definition) is 4. The summed E-state index contributed by atoms with van der Waals surface area (Å²) in [4.78, 5) is 40.3. The molecular weight excluding hydrogens is 468 g/mol. The lowest BCUT2D eigenvalue weighted by Gasteiger charge is -2.34. The predicted molar refractivity (Wildman–Crippen MR) is 131 cm³/mol. The number of amides is 3. The first-order chi connectivity index (χ1) is 17.2. The van der Waals surface area contributed by atoms with E-state index in [0.29, 0.717) is 11.6 Å². The Hall–Kier alpha value is -3.33. The molecule has 2 aromatic rings. The van der Waals surface area contributed by atoms with Gasteiger partial charge in [0.2, 0.25) is 11.8 Å². The Balaban J connectivity index is 1.63. The summed E-state index contributed by atoms with van der Waals surface area (Å²) in [5.41, 5.74) is 0.417. The number of benzene rings is 2. The van der Waals surface area contributed by atoms with Crippen LogP contribution < -0.4 is 10.6 Å². The summed E-state index contributed by atoms with van der Waals surface area (Å²) in [6.45, 7) is 1.56. The molecule has 36 heavy (non-hydrogen) atoms. The molecule has 7 nitrogen and oxygen atoms in total. The fourth-order valence-corrected chi connectivity index (χ4v) is 4.54. The van der Waals surface area contributed by atoms with Crippen molar-refractivity contribution in [1.82, 2.24) is 15.5 Å². The molecule has 3 atom stereocenters. The normalized spacial score (nSPS) is 16.5. The van der Waals surface area contributed by atoms with Crippen LogP contribution in [0.3, 0.4) is 0 Å². The van der Waals surface area contributed by atoms with Gasteiger partial charge >= 0.3 is 0 Å². The lowest BCUT2D eigenvalue weighted by molar-refractivity contribution is -0.138. The van der Waals surface area contributed by atoms with Crippen molar-refractivity contribution < 1.29 is 28.3 Å². The van der Waals surface area contributed by atoms with Gasteiger partial charge in [-0.05, 0) is 43.0 Å². The van der Waals surface area contributed by atoms with E-state index >= 15 is 0 Å². The Morgan fingerprint density at radius 1 is 0.972 bits per heavy atom. The Morgan fingerprint density at radius 2 is 1.58 bits per heavy atom. The molecule has 0 bridgehead atoms. The van der Waals surface area contributed by atoms with Crippen LogP contribution in [0.5, 0.6) is 0 Å². The molecule has 0 spiro atoms. The molecule has 0 aromatic heterocycles. The molecular formula is C27H33F2N3O4. The second-order valence-corrected chi connectivity index (χ2v) is 9.37. The number of aliphatic hydroxyl groups is 1. The zero-order valence-electron chi connectivity index (χ0n) is 20.5. The maximum absolute atomic E-state index is 13.4. The van der Waals surface area contributed by atoms with Gasteiger partial charge in [-0.15, -0.1) is 0 Å². The Kier molecular flexibility index (Phi) is 9.52. The first-order valence-electron chi connectivity index (χ1n) is 12.2. The third-order valence-corrected chi connectivity index (χ3v) is 6.48. The Morgan fingerprint density at radius 3 is 2.19 bits per heavy atom. The molecule has 0 aliphatic heterocycles. The molecule has 0 radical (unpaired) electrons. The number of rotatable bonds is 9. The highest BCUT2D eigenvalue weighted by molar-refractivity contribution is 5.89. The standard InChI is InChI=1S/C27H33F2N3O4/c1-17(30-26(35)25(34)19-14-20(28)16-21(29)15-19)13-23(33)31-24(18-9-5-3-6-10-18)27(36)32(2)22-11-7-4-8-12-22/h3,5-6,9-10,14-17,22,24-25,34H,4,7-8,11-13H2,1-2H3,(H,30,35)(H,31,33)/t17?,24-,25-/m0/s1. The number of hydrogen-bond donors (Lipinski definition) is 3. The van der Waals surface area contributed by atoms with Crippen molar-refractivity contribution in [1.29, 1.82) is 0 Å². The molecule has 0 heterocycles. The average Bonchev–Trinajstić information content (AvgIpc) is 2.86. The molecule has 1 saturated carbocycles. The number of aliphatic hydroxyl groups excluding tert-OH is 1. The molecule has 9 heteroatoms. The van der Waals surface area contributed by atoms with Gasteiger partial charge in [0, 0.05) is 31.6 Å². The summed E-state index contributed by atoms with van der Waals surface area (Å²) in [5.74, 6) is -3.40. The van der Waals surface area contributed by atoms with E-state index < -0.39 is 41.6 Å². The van der Waals surface area contributed by atoms with Crippen LogP contribution in [0.1, 0.15) is 68.7 Å². The van der Waals surface area contributed by atoms with E-state index in [1.165, 1.54) is 0 Å². The van der Waals surface area contributed by atoms with E-state index in [0.717, 1.165) is 44.2 Å². The highest BCUT2D eigenvalue weighted by Gasteiger charge is 2.31. The van der Waals surface area contributed by atoms with E-state index in [4.69, 9.17) is 0 Å². The topological polar surface area (TPSA) is 98.7 Å². The molecule has 0 saturated heterocycles. The van der Waals surface area contributed by atoms with Crippen LogP contribution in [0.2, 0.25) is 0 Å². The molecule has 1 aliphatic rings. The van der Waals surface area contributed by atoms with Crippen LogP contribution in [0.4, 0.5) is 8.78 Å². The van der Waals surface area contributed by atoms with Crippen molar-refractivity contribution in [2.75, 3.05) is 7.05 Å². The van der Waals surface area contributed by atoms with Gasteiger partial charge < -0.3 is 20.6 Å². The fourth-order valence-electron chi connectivity index (χ4n) is 4.54. The minimum absolute atomic E-state index is 0.127. The summed E-state index contributed by atoms with van der Waals surface area (Å²) in [6.07, 6.45) is 3.18. The van der Waals surface area contributed by atoms with Crippen molar-refractivity contribution in [3.8, 4) is 0 Å². The number of carbonyl (C=O) groups excluding carboxylic acids is 3. The molecule has 2 aromatic carbocycles. The van der Waals surface area contributed by atoms with E-state index in [-0.39, 0.29) is 23.9 Å². The first kappa shape index (κ1) is 27.3. The predicted octanol–water partition coefficient (Wildman–Crippen LogP) is 3.54. The van der Waals surface area contributed by atoms with E-state index in [2.05, 4.69) is 10.6 Å². The maximum atomic E-state index is 13.4. The molecule has 1 unspecified atom stereocenters. The number of nitrogens with one attached hydrogen (secondary N) is 2. The maximum Gasteiger partial charge on any atom is 0.253 e. The molecule has 3 N–H and O–H groups in total. The van der Waals surface area contributed by atoms with Crippen molar-refractivity contribution >= 4 is 17.7 Å². The quantitative estimate of drug-likeness (QED) is 0.490. The van der Waals surface area contributed by atoms with Crippen LogP contribution in [-0.2, 0) is 14.4 Å². The summed E-state index contributed by atoms with van der Waals surface area (Å²) in [6, 6.07) is 9.86. The van der Waals surface area contributed by atoms with Crippen molar-refractivity contribution in [3.63, 3.8) is 0 Å². The molecule has 3 rings (SSSR count). The summed E-state index contributed by atoms with van der Waals surface area (Å²) >= 11 is 0. The van der Waals surface area contributed by atoms with Gasteiger partial charge in [-0.25, -0.2) is 8.78 Å². The van der Waals surface area contributed by atoms with Crippen LogP contribution in [0.15, 0.2) is 48.5 Å². The van der Waals surface area contributed by atoms with Crippen LogP contribution in [0.25, 0.3) is 0 Å². The van der Waals surface area contributed by atoms with Gasteiger partial charge in [0.05, 0.1) is 0 Å². The fraction of sp³-hybridized carbons (Fsp3) is 0.444. The van der Waals surface area contributed by atoms with Crippen LogP contribution in [0, 0.1) is 11.6 Å². The van der Waals surface area contributed by atoms with Crippen LogP contribution in [-0.4, -0.2) is 46.9 Å². The minimum Gasteiger partial charge on any atom is -0.378 e. The van der Waals surface area contributed by atoms with Gasteiger partial charge in [0.25, 0.3) is 5.91 Å². The number of nitrogens with zero attached hydrogens (tertiary/aromatic N) is 1. The van der Waals surface area contributed by atoms with Crippen molar-refractivity contribution in [3.05, 3.63) is 71.3 Å². The van der Waals surface area contributed by atoms with E-state index in [1.54, 1.807) is 43.1 Å². The third-order valence-electron chi connectivity index (χ3n) is 6.48. The van der Waals surface area contributed by atoms with Gasteiger partial charge in [0.1, 0.15) is 17.7 Å². The summed E-state index contributed by atoms with van der Waals surface area (Å²) in [5, 5.41) is 15.4. The van der Waals surface area contributed by atoms with Crippen molar-refractivity contribution in [2.45, 2.75) is 69.7 Å². The second-order valence-electron chi connectivity index (χ2n) is 9.37. The van der Waals surface area contributed by atoms with Gasteiger partial charge in [-0.2, -0.15) is 0 Å². The number of carbonyl (C=O) groups is 3. The zero-order chi connectivity index (χ0) is 26.2. The van der Waals surface area contributed by atoms with Crippen molar-refractivity contribution in [2.24, 2.45) is 0 Å².